The second kappa shape index (κ2) is 5.84. The molecule has 0 saturated heterocycles. The van der Waals surface area contributed by atoms with Crippen molar-refractivity contribution in [1.82, 2.24) is 25.5 Å². The third-order valence-electron chi connectivity index (χ3n) is 1.63. The molecule has 1 amide bonds. The second-order valence-electron chi connectivity index (χ2n) is 2.70. The molecular formula is C6H4N7NaO2S. The van der Waals surface area contributed by atoms with Crippen LogP contribution >= 0.6 is 12.2 Å². The third kappa shape index (κ3) is 3.08. The van der Waals surface area contributed by atoms with Gasteiger partial charge in [-0.1, -0.05) is 5.21 Å². The number of hydrogen-bond acceptors (Lipinski definition) is 8. The number of thiocarbonyl (C=S) groups is 1. The minimum atomic E-state index is -0.771. The van der Waals surface area contributed by atoms with Gasteiger partial charge in [-0.25, -0.2) is 10.2 Å². The van der Waals surface area contributed by atoms with E-state index in [0.717, 1.165) is 11.3 Å². The van der Waals surface area contributed by atoms with E-state index >= 15 is 0 Å². The van der Waals surface area contributed by atoms with Gasteiger partial charge in [-0.2, -0.15) is 9.80 Å². The molecule has 82 valence electrons. The van der Waals surface area contributed by atoms with Crippen LogP contribution in [0.2, 0.25) is 0 Å². The Morgan fingerprint density at radius 3 is 2.94 bits per heavy atom. The molecular weight excluding hydrogens is 257 g/mol. The zero-order chi connectivity index (χ0) is 11.5. The minimum Gasteiger partial charge on any atom is -0.857 e. The molecule has 0 saturated carbocycles. The normalized spacial score (nSPS) is 13.2. The maximum Gasteiger partial charge on any atom is 1.00 e. The summed E-state index contributed by atoms with van der Waals surface area (Å²) in [5.41, 5.74) is 2.69. The Morgan fingerprint density at radius 1 is 1.65 bits per heavy atom. The van der Waals surface area contributed by atoms with Gasteiger partial charge in [0.05, 0.1) is 6.20 Å². The van der Waals surface area contributed by atoms with Crippen molar-refractivity contribution < 1.29 is 39.5 Å². The standard InChI is InChI=1S/C6H5N7O2S.Na/c14-5-1-7-10-13(5)6(15)9-12-2-4(3-16)8-11-12;/h1,14H,2H2,(H,9,15);/q;+1/p-1. The van der Waals surface area contributed by atoms with Crippen molar-refractivity contribution in [2.75, 3.05) is 6.54 Å². The molecule has 2 rings (SSSR count). The molecule has 0 spiro atoms. The Morgan fingerprint density at radius 2 is 2.41 bits per heavy atom. The molecule has 2 heterocycles. The summed E-state index contributed by atoms with van der Waals surface area (Å²) in [6.07, 6.45) is 0.924. The van der Waals surface area contributed by atoms with Crippen molar-refractivity contribution in [1.29, 1.82) is 0 Å². The number of hydrogen-bond donors (Lipinski definition) is 1. The van der Waals surface area contributed by atoms with E-state index in [2.05, 4.69) is 43.3 Å². The first-order valence-corrected chi connectivity index (χ1v) is 4.43. The van der Waals surface area contributed by atoms with E-state index in [0.29, 0.717) is 10.4 Å². The van der Waals surface area contributed by atoms with E-state index < -0.39 is 11.9 Å². The van der Waals surface area contributed by atoms with E-state index in [4.69, 9.17) is 0 Å². The fourth-order valence-corrected chi connectivity index (χ4v) is 1.06. The first kappa shape index (κ1) is 13.7. The zero-order valence-corrected chi connectivity index (χ0v) is 11.5. The van der Waals surface area contributed by atoms with Crippen molar-refractivity contribution in [3.63, 3.8) is 0 Å². The SMILES string of the molecule is O=C(NN1CC(=C=S)N=N1)n1nncc1[O-].[Na+]. The van der Waals surface area contributed by atoms with Crippen LogP contribution in [0.5, 0.6) is 5.88 Å². The van der Waals surface area contributed by atoms with Crippen molar-refractivity contribution in [2.24, 2.45) is 10.3 Å². The van der Waals surface area contributed by atoms with Gasteiger partial charge in [0, 0.05) is 5.88 Å². The molecule has 9 nitrogen and oxygen atoms in total. The van der Waals surface area contributed by atoms with Gasteiger partial charge in [0.25, 0.3) is 0 Å². The number of nitrogens with zero attached hydrogens (tertiary/aromatic N) is 6. The van der Waals surface area contributed by atoms with Crippen molar-refractivity contribution in [2.45, 2.75) is 0 Å². The van der Waals surface area contributed by atoms with Gasteiger partial charge >= 0.3 is 35.6 Å². The van der Waals surface area contributed by atoms with Gasteiger partial charge in [0.1, 0.15) is 12.2 Å². The summed E-state index contributed by atoms with van der Waals surface area (Å²) in [6, 6.07) is -0.771. The number of hydrazine groups is 1. The molecule has 1 aliphatic rings. The number of aromatic nitrogens is 3. The average molecular weight is 261 g/mol. The summed E-state index contributed by atoms with van der Waals surface area (Å²) in [7, 11) is 0. The summed E-state index contributed by atoms with van der Waals surface area (Å²) in [4.78, 5) is 11.4. The van der Waals surface area contributed by atoms with Crippen LogP contribution in [0.15, 0.2) is 22.2 Å². The van der Waals surface area contributed by atoms with Gasteiger partial charge in [-0.05, 0) is 22.5 Å². The molecule has 0 unspecified atom stereocenters. The predicted octanol–water partition coefficient (Wildman–Crippen LogP) is -4.01. The summed E-state index contributed by atoms with van der Waals surface area (Å²) in [5, 5.41) is 28.2. The number of rotatable bonds is 1. The Bertz CT molecular complexity index is 508. The maximum absolute atomic E-state index is 11.4. The number of amides is 1. The smallest absolute Gasteiger partial charge is 0.857 e. The molecule has 1 N–H and O–H groups in total. The largest absolute Gasteiger partial charge is 1.00 e. The molecule has 11 heteroatoms. The van der Waals surface area contributed by atoms with Crippen LogP contribution in [0, 0.1) is 0 Å². The first-order valence-electron chi connectivity index (χ1n) is 4.02. The van der Waals surface area contributed by atoms with Crippen LogP contribution in [-0.4, -0.2) is 37.7 Å². The summed E-state index contributed by atoms with van der Waals surface area (Å²) < 4.78 is 0.564. The molecule has 1 aromatic rings. The maximum atomic E-state index is 11.4. The fraction of sp³-hybridized carbons (Fsp3) is 0.167. The predicted molar refractivity (Wildman–Crippen MR) is 51.1 cm³/mol. The fourth-order valence-electron chi connectivity index (χ4n) is 0.952. The first-order chi connectivity index (χ1) is 7.70. The van der Waals surface area contributed by atoms with Gasteiger partial charge in [-0.15, -0.1) is 10.2 Å². The van der Waals surface area contributed by atoms with Crippen molar-refractivity contribution in [3.05, 3.63) is 11.9 Å². The molecule has 17 heavy (non-hydrogen) atoms. The van der Waals surface area contributed by atoms with Crippen LogP contribution in [0.1, 0.15) is 0 Å². The second-order valence-corrected chi connectivity index (χ2v) is 2.90. The van der Waals surface area contributed by atoms with Gasteiger partial charge < -0.3 is 5.11 Å². The topological polar surface area (TPSA) is 111 Å². The summed E-state index contributed by atoms with van der Waals surface area (Å²) in [5.74, 6) is -0.626. The Hall–Kier alpha value is -1.32. The molecule has 0 atom stereocenters. The minimum absolute atomic E-state index is 0. The van der Waals surface area contributed by atoms with E-state index in [1.54, 1.807) is 0 Å². The molecule has 0 fully saturated rings. The number of carbonyl (C=O) groups excluding carboxylic acids is 1. The molecule has 0 bridgehead atoms. The van der Waals surface area contributed by atoms with E-state index in [1.807, 2.05) is 0 Å². The van der Waals surface area contributed by atoms with E-state index in [9.17, 15) is 9.90 Å². The van der Waals surface area contributed by atoms with Crippen LogP contribution in [0.3, 0.4) is 0 Å². The van der Waals surface area contributed by atoms with Gasteiger partial charge in [0.15, 0.2) is 0 Å². The van der Waals surface area contributed by atoms with E-state index in [-0.39, 0.29) is 36.1 Å². The van der Waals surface area contributed by atoms with Crippen LogP contribution in [0.4, 0.5) is 4.79 Å². The van der Waals surface area contributed by atoms with Crippen LogP contribution in [-0.2, 0) is 0 Å². The average Bonchev–Trinajstić information content (AvgIpc) is 2.86. The Kier molecular flexibility index (Phi) is 4.73. The van der Waals surface area contributed by atoms with E-state index in [1.165, 1.54) is 0 Å². The number of carbonyl (C=O) groups is 1. The van der Waals surface area contributed by atoms with Crippen LogP contribution in [0.25, 0.3) is 0 Å². The molecule has 0 aliphatic carbocycles. The van der Waals surface area contributed by atoms with Crippen LogP contribution < -0.4 is 40.1 Å². The molecule has 1 aliphatic heterocycles. The Balaban J connectivity index is 0.00000144. The van der Waals surface area contributed by atoms with Crippen molar-refractivity contribution in [3.8, 4) is 5.88 Å². The quantitative estimate of drug-likeness (QED) is 0.407. The monoisotopic (exact) mass is 261 g/mol. The number of nitrogens with one attached hydrogen (secondary N) is 1. The van der Waals surface area contributed by atoms with Gasteiger partial charge in [0.2, 0.25) is 0 Å². The van der Waals surface area contributed by atoms with Gasteiger partial charge in [-0.3, -0.25) is 0 Å². The summed E-state index contributed by atoms with van der Waals surface area (Å²) in [6.45, 7) is 0.193. The molecule has 0 radical (unpaired) electrons. The molecule has 1 aromatic heterocycles. The summed E-state index contributed by atoms with van der Waals surface area (Å²) >= 11 is 4.52. The molecule has 0 aromatic carbocycles. The Labute approximate surface area is 122 Å². The third-order valence-corrected chi connectivity index (χ3v) is 1.86. The van der Waals surface area contributed by atoms with Crippen molar-refractivity contribution >= 4 is 23.3 Å². The zero-order valence-electron chi connectivity index (χ0n) is 8.69.